The van der Waals surface area contributed by atoms with Crippen LogP contribution >= 0.6 is 0 Å². The number of rotatable bonds is 12. The lowest BCUT2D eigenvalue weighted by molar-refractivity contribution is -0.122. The van der Waals surface area contributed by atoms with E-state index in [1.807, 2.05) is 6.92 Å². The maximum Gasteiger partial charge on any atom is 0.251 e. The summed E-state index contributed by atoms with van der Waals surface area (Å²) >= 11 is 0. The van der Waals surface area contributed by atoms with Gasteiger partial charge in [0.1, 0.15) is 0 Å². The number of nitrogens with zero attached hydrogens (tertiary/aromatic N) is 3. The van der Waals surface area contributed by atoms with Gasteiger partial charge in [0.15, 0.2) is 23.0 Å². The van der Waals surface area contributed by atoms with Crippen LogP contribution in [0.15, 0.2) is 48.9 Å². The van der Waals surface area contributed by atoms with Gasteiger partial charge in [-0.05, 0) is 42.3 Å². The van der Waals surface area contributed by atoms with Gasteiger partial charge >= 0.3 is 0 Å². The Kier molecular flexibility index (Phi) is 9.62. The van der Waals surface area contributed by atoms with Crippen LogP contribution in [0.2, 0.25) is 0 Å². The molecule has 2 heterocycles. The number of ether oxygens (including phenoxy) is 1. The fraction of sp³-hybridized carbons (Fsp3) is 0.286. The molecule has 42 heavy (non-hydrogen) atoms. The first-order valence-corrected chi connectivity index (χ1v) is 13.1. The normalized spacial score (nSPS) is 12.5. The largest absolute Gasteiger partial charge is 0.494 e. The third kappa shape index (κ3) is 6.46. The molecule has 2 atom stereocenters. The molecule has 0 aliphatic heterocycles. The Morgan fingerprint density at radius 3 is 2.60 bits per heavy atom. The van der Waals surface area contributed by atoms with Crippen molar-refractivity contribution in [3.05, 3.63) is 71.7 Å². The molecule has 4 aromatic rings. The summed E-state index contributed by atoms with van der Waals surface area (Å²) in [7, 11) is 1.26. The predicted molar refractivity (Wildman–Crippen MR) is 152 cm³/mol. The first-order chi connectivity index (χ1) is 20.2. The fourth-order valence-electron chi connectivity index (χ4n) is 4.25. The predicted octanol–water partition coefficient (Wildman–Crippen LogP) is 1.48. The lowest BCUT2D eigenvalue weighted by Gasteiger charge is -2.16. The molecule has 4 rings (SSSR count). The van der Waals surface area contributed by atoms with Crippen molar-refractivity contribution in [2.75, 3.05) is 32.1 Å². The second kappa shape index (κ2) is 13.3. The van der Waals surface area contributed by atoms with Crippen LogP contribution in [0.4, 0.5) is 20.3 Å². The van der Waals surface area contributed by atoms with E-state index in [0.29, 0.717) is 34.8 Å². The quantitative estimate of drug-likeness (QED) is 0.144. The molecule has 2 aromatic heterocycles. The van der Waals surface area contributed by atoms with Crippen molar-refractivity contribution in [3.63, 3.8) is 0 Å². The van der Waals surface area contributed by atoms with Crippen molar-refractivity contribution < 1.29 is 28.2 Å². The lowest BCUT2D eigenvalue weighted by atomic mass is 10.0. The van der Waals surface area contributed by atoms with Crippen molar-refractivity contribution in [2.24, 2.45) is 11.5 Å². The maximum atomic E-state index is 14.8. The standard InChI is InChI=1S/C28H32F2N8O4/c1-3-15-10-16(4-5-18(15)27(40)35-12-17(39)13-36-28(41)20(32)11-31)37-25-26-34-14-21(38(26)9-8-33-25)19-6-7-22(42-2)24(30)23(19)29/h4-10,14,17,20,39H,3,11-13,31-32H2,1-2H3,(H,33,37)(H,35,40)(H,36,41)/t17?,20-/m0/s1. The Balaban J connectivity index is 1.48. The molecule has 8 N–H and O–H groups in total. The molecular formula is C28H32F2N8O4. The molecule has 0 aliphatic rings. The van der Waals surface area contributed by atoms with Gasteiger partial charge in [0, 0.05) is 48.8 Å². The van der Waals surface area contributed by atoms with Gasteiger partial charge in [-0.15, -0.1) is 0 Å². The Bertz CT molecular complexity index is 1600. The maximum absolute atomic E-state index is 14.8. The van der Waals surface area contributed by atoms with Gasteiger partial charge in [0.2, 0.25) is 11.7 Å². The fourth-order valence-corrected chi connectivity index (χ4v) is 4.25. The van der Waals surface area contributed by atoms with Crippen LogP contribution in [-0.4, -0.2) is 70.2 Å². The Hall–Kier alpha value is -4.66. The molecule has 0 aliphatic carbocycles. The van der Waals surface area contributed by atoms with E-state index in [0.717, 1.165) is 5.56 Å². The zero-order valence-corrected chi connectivity index (χ0v) is 23.0. The molecule has 0 saturated carbocycles. The number of carbonyl (C=O) groups excluding carboxylic acids is 2. The van der Waals surface area contributed by atoms with Gasteiger partial charge in [-0.3, -0.25) is 14.0 Å². The van der Waals surface area contributed by atoms with Crippen molar-refractivity contribution in [2.45, 2.75) is 25.5 Å². The Morgan fingerprint density at radius 2 is 1.88 bits per heavy atom. The second-order valence-electron chi connectivity index (χ2n) is 9.36. The summed E-state index contributed by atoms with van der Waals surface area (Å²) in [6.45, 7) is 1.68. The molecule has 0 bridgehead atoms. The average molecular weight is 583 g/mol. The van der Waals surface area contributed by atoms with E-state index in [2.05, 4.69) is 25.9 Å². The number of anilines is 2. The third-order valence-corrected chi connectivity index (χ3v) is 6.57. The van der Waals surface area contributed by atoms with Crippen molar-refractivity contribution in [1.29, 1.82) is 0 Å². The number of aryl methyl sites for hydroxylation is 1. The van der Waals surface area contributed by atoms with E-state index >= 15 is 0 Å². The van der Waals surface area contributed by atoms with Gasteiger partial charge in [-0.2, -0.15) is 4.39 Å². The van der Waals surface area contributed by atoms with Gasteiger partial charge < -0.3 is 37.3 Å². The van der Waals surface area contributed by atoms with Gasteiger partial charge in [-0.25, -0.2) is 14.4 Å². The molecule has 222 valence electrons. The summed E-state index contributed by atoms with van der Waals surface area (Å²) in [5, 5.41) is 18.4. The molecular weight excluding hydrogens is 550 g/mol. The number of nitrogens with one attached hydrogen (secondary N) is 3. The van der Waals surface area contributed by atoms with Crippen molar-refractivity contribution in [3.8, 4) is 17.0 Å². The van der Waals surface area contributed by atoms with Crippen LogP contribution in [0, 0.1) is 11.6 Å². The number of amides is 2. The van der Waals surface area contributed by atoms with Crippen LogP contribution in [0.25, 0.3) is 16.9 Å². The van der Waals surface area contributed by atoms with Crippen molar-refractivity contribution in [1.82, 2.24) is 25.0 Å². The van der Waals surface area contributed by atoms with Crippen LogP contribution in [0.5, 0.6) is 5.75 Å². The molecule has 2 aromatic carbocycles. The van der Waals surface area contributed by atoms with Crippen LogP contribution in [0.3, 0.4) is 0 Å². The molecule has 0 fully saturated rings. The highest BCUT2D eigenvalue weighted by molar-refractivity contribution is 5.96. The molecule has 1 unspecified atom stereocenters. The van der Waals surface area contributed by atoms with E-state index in [1.165, 1.54) is 31.6 Å². The summed E-state index contributed by atoms with van der Waals surface area (Å²) in [6, 6.07) is 7.00. The highest BCUT2D eigenvalue weighted by Crippen LogP contribution is 2.31. The van der Waals surface area contributed by atoms with E-state index in [1.54, 1.807) is 28.8 Å². The number of hydrogen-bond donors (Lipinski definition) is 6. The zero-order valence-electron chi connectivity index (χ0n) is 23.0. The highest BCUT2D eigenvalue weighted by Gasteiger charge is 2.20. The molecule has 2 amide bonds. The SMILES string of the molecule is CCc1cc(Nc2nccn3c(-c4ccc(OC)c(F)c4F)cnc23)ccc1C(=O)NCC(O)CNC(=O)[C@@H](N)CN. The minimum atomic E-state index is -1.10. The number of methoxy groups -OCH3 is 1. The average Bonchev–Trinajstić information content (AvgIpc) is 3.44. The number of aliphatic hydroxyl groups is 1. The number of aliphatic hydroxyl groups excluding tert-OH is 1. The first kappa shape index (κ1) is 30.3. The first-order valence-electron chi connectivity index (χ1n) is 13.1. The van der Waals surface area contributed by atoms with E-state index < -0.39 is 35.6 Å². The number of imidazole rings is 1. The van der Waals surface area contributed by atoms with Crippen LogP contribution in [0.1, 0.15) is 22.8 Å². The van der Waals surface area contributed by atoms with Crippen LogP contribution < -0.4 is 32.2 Å². The Morgan fingerprint density at radius 1 is 1.12 bits per heavy atom. The number of aromatic nitrogens is 3. The summed E-state index contributed by atoms with van der Waals surface area (Å²) in [5.41, 5.74) is 13.3. The molecule has 0 saturated heterocycles. The number of hydrogen-bond acceptors (Lipinski definition) is 9. The monoisotopic (exact) mass is 582 g/mol. The summed E-state index contributed by atoms with van der Waals surface area (Å²) in [6.07, 6.45) is 4.01. The number of nitrogens with two attached hydrogens (primary N) is 2. The second-order valence-corrected chi connectivity index (χ2v) is 9.36. The molecule has 14 heteroatoms. The van der Waals surface area contributed by atoms with Gasteiger partial charge in [0.25, 0.3) is 5.91 Å². The minimum absolute atomic E-state index is 0.00761. The summed E-state index contributed by atoms with van der Waals surface area (Å²) in [4.78, 5) is 33.3. The zero-order chi connectivity index (χ0) is 30.4. The topological polar surface area (TPSA) is 182 Å². The molecule has 12 nitrogen and oxygen atoms in total. The van der Waals surface area contributed by atoms with E-state index in [-0.39, 0.29) is 30.9 Å². The highest BCUT2D eigenvalue weighted by atomic mass is 19.2. The molecule has 0 radical (unpaired) electrons. The number of benzene rings is 2. The van der Waals surface area contributed by atoms with E-state index in [4.69, 9.17) is 16.2 Å². The number of carbonyl (C=O) groups is 2. The number of fused-ring (bicyclic) bond motifs is 1. The molecule has 0 spiro atoms. The van der Waals surface area contributed by atoms with Gasteiger partial charge in [0.05, 0.1) is 31.1 Å². The Labute approximate surface area is 240 Å². The van der Waals surface area contributed by atoms with E-state index in [9.17, 15) is 23.5 Å². The lowest BCUT2D eigenvalue weighted by Crippen LogP contribution is -2.48. The summed E-state index contributed by atoms with van der Waals surface area (Å²) < 4.78 is 35.6. The minimum Gasteiger partial charge on any atom is -0.494 e. The van der Waals surface area contributed by atoms with Crippen molar-refractivity contribution >= 4 is 29.0 Å². The number of halogens is 2. The smallest absolute Gasteiger partial charge is 0.251 e. The van der Waals surface area contributed by atoms with Gasteiger partial charge in [-0.1, -0.05) is 6.92 Å². The summed E-state index contributed by atoms with van der Waals surface area (Å²) in [5.74, 6) is -2.88. The third-order valence-electron chi connectivity index (χ3n) is 6.57. The van der Waals surface area contributed by atoms with Crippen LogP contribution in [-0.2, 0) is 11.2 Å².